The lowest BCUT2D eigenvalue weighted by molar-refractivity contribution is -0.119. The Morgan fingerprint density at radius 1 is 1.08 bits per heavy atom. The van der Waals surface area contributed by atoms with Crippen LogP contribution in [0, 0.1) is 0 Å². The molecule has 0 saturated carbocycles. The zero-order valence-electron chi connectivity index (χ0n) is 13.2. The highest BCUT2D eigenvalue weighted by Crippen LogP contribution is 2.24. The third-order valence-corrected chi connectivity index (χ3v) is 3.56. The van der Waals surface area contributed by atoms with Crippen molar-refractivity contribution in [2.24, 2.45) is 0 Å². The summed E-state index contributed by atoms with van der Waals surface area (Å²) < 4.78 is 16.1. The van der Waals surface area contributed by atoms with Gasteiger partial charge in [0.05, 0.1) is 14.2 Å². The summed E-state index contributed by atoms with van der Waals surface area (Å²) in [6.07, 6.45) is 0. The van der Waals surface area contributed by atoms with Crippen LogP contribution in [-0.2, 0) is 9.53 Å². The number of anilines is 1. The van der Waals surface area contributed by atoms with E-state index in [-0.39, 0.29) is 5.56 Å². The van der Waals surface area contributed by atoms with Crippen molar-refractivity contribution in [3.63, 3.8) is 0 Å². The van der Waals surface area contributed by atoms with Gasteiger partial charge in [-0.05, 0) is 36.4 Å². The molecule has 126 valence electrons. The minimum absolute atomic E-state index is 0.187. The number of hydrogen-bond acceptors (Lipinski definition) is 5. The minimum Gasteiger partial charge on any atom is -0.497 e. The smallest absolute Gasteiger partial charge is 0.342 e. The summed E-state index contributed by atoms with van der Waals surface area (Å²) in [6.45, 7) is -0.411. The van der Waals surface area contributed by atoms with Gasteiger partial charge in [-0.15, -0.1) is 0 Å². The Hall–Kier alpha value is -2.54. The normalized spacial score (nSPS) is 9.96. The molecule has 6 nitrogen and oxygen atoms in total. The molecule has 0 radical (unpaired) electrons. The summed E-state index contributed by atoms with van der Waals surface area (Å²) in [5.41, 5.74) is 0.788. The third kappa shape index (κ3) is 4.73. The van der Waals surface area contributed by atoms with Gasteiger partial charge in [0.2, 0.25) is 0 Å². The molecule has 2 aromatic rings. The summed E-state index contributed by atoms with van der Waals surface area (Å²) in [7, 11) is 2.93. The second-order valence-electron chi connectivity index (χ2n) is 4.70. The molecular formula is C17H16BrNO5. The number of ether oxygens (including phenoxy) is 3. The standard InChI is InChI=1S/C17H16BrNO5/c1-22-13-6-7-15(23-2)14(9-13)17(21)24-10-16(20)19-12-5-3-4-11(18)8-12/h3-9H,10H2,1-2H3,(H,19,20). The number of esters is 1. The molecule has 7 heteroatoms. The van der Waals surface area contributed by atoms with E-state index in [2.05, 4.69) is 21.2 Å². The number of nitrogens with one attached hydrogen (secondary N) is 1. The molecular weight excluding hydrogens is 378 g/mol. The second kappa shape index (κ2) is 8.35. The van der Waals surface area contributed by atoms with E-state index < -0.39 is 18.5 Å². The molecule has 0 atom stereocenters. The van der Waals surface area contributed by atoms with Crippen LogP contribution < -0.4 is 14.8 Å². The van der Waals surface area contributed by atoms with Crippen LogP contribution in [0.5, 0.6) is 11.5 Å². The first-order valence-corrected chi connectivity index (χ1v) is 7.77. The Morgan fingerprint density at radius 2 is 1.88 bits per heavy atom. The van der Waals surface area contributed by atoms with Crippen LogP contribution >= 0.6 is 15.9 Å². The SMILES string of the molecule is COc1ccc(OC)c(C(=O)OCC(=O)Nc2cccc(Br)c2)c1. The van der Waals surface area contributed by atoms with Crippen LogP contribution in [0.25, 0.3) is 0 Å². The van der Waals surface area contributed by atoms with Gasteiger partial charge in [0, 0.05) is 10.2 Å². The fourth-order valence-electron chi connectivity index (χ4n) is 1.95. The Kier molecular flexibility index (Phi) is 6.20. The van der Waals surface area contributed by atoms with E-state index in [9.17, 15) is 9.59 Å². The van der Waals surface area contributed by atoms with Gasteiger partial charge in [-0.25, -0.2) is 4.79 Å². The maximum atomic E-state index is 12.2. The monoisotopic (exact) mass is 393 g/mol. The molecule has 0 heterocycles. The van der Waals surface area contributed by atoms with E-state index in [1.54, 1.807) is 30.3 Å². The van der Waals surface area contributed by atoms with Crippen LogP contribution in [0.4, 0.5) is 5.69 Å². The highest BCUT2D eigenvalue weighted by atomic mass is 79.9. The Bertz CT molecular complexity index is 748. The Morgan fingerprint density at radius 3 is 2.54 bits per heavy atom. The number of benzene rings is 2. The van der Waals surface area contributed by atoms with Crippen molar-refractivity contribution < 1.29 is 23.8 Å². The lowest BCUT2D eigenvalue weighted by atomic mass is 10.2. The summed E-state index contributed by atoms with van der Waals surface area (Å²) in [4.78, 5) is 24.0. The highest BCUT2D eigenvalue weighted by Gasteiger charge is 2.16. The van der Waals surface area contributed by atoms with Crippen LogP contribution in [0.15, 0.2) is 46.9 Å². The van der Waals surface area contributed by atoms with Gasteiger partial charge in [0.25, 0.3) is 5.91 Å². The first-order valence-electron chi connectivity index (χ1n) is 6.98. The predicted molar refractivity (Wildman–Crippen MR) is 92.6 cm³/mol. The zero-order chi connectivity index (χ0) is 17.5. The summed E-state index contributed by atoms with van der Waals surface area (Å²) >= 11 is 3.31. The van der Waals surface area contributed by atoms with Crippen molar-refractivity contribution in [2.45, 2.75) is 0 Å². The number of amides is 1. The number of carbonyl (C=O) groups is 2. The number of rotatable bonds is 6. The highest BCUT2D eigenvalue weighted by molar-refractivity contribution is 9.10. The van der Waals surface area contributed by atoms with Crippen molar-refractivity contribution in [3.8, 4) is 11.5 Å². The van der Waals surface area contributed by atoms with Gasteiger partial charge in [0.15, 0.2) is 6.61 Å². The van der Waals surface area contributed by atoms with E-state index in [4.69, 9.17) is 14.2 Å². The fraction of sp³-hybridized carbons (Fsp3) is 0.176. The number of hydrogen-bond donors (Lipinski definition) is 1. The quantitative estimate of drug-likeness (QED) is 0.762. The molecule has 1 amide bonds. The first kappa shape index (κ1) is 17.8. The maximum absolute atomic E-state index is 12.2. The van der Waals surface area contributed by atoms with Gasteiger partial charge in [0.1, 0.15) is 17.1 Å². The van der Waals surface area contributed by atoms with E-state index in [1.165, 1.54) is 20.3 Å². The average Bonchev–Trinajstić information content (AvgIpc) is 2.59. The van der Waals surface area contributed by atoms with Crippen molar-refractivity contribution >= 4 is 33.5 Å². The predicted octanol–water partition coefficient (Wildman–Crippen LogP) is 3.26. The van der Waals surface area contributed by atoms with E-state index in [0.29, 0.717) is 17.2 Å². The van der Waals surface area contributed by atoms with Gasteiger partial charge < -0.3 is 19.5 Å². The molecule has 2 aromatic carbocycles. The van der Waals surface area contributed by atoms with E-state index >= 15 is 0 Å². The number of carbonyl (C=O) groups excluding carboxylic acids is 2. The van der Waals surface area contributed by atoms with Crippen molar-refractivity contribution in [2.75, 3.05) is 26.1 Å². The minimum atomic E-state index is -0.671. The van der Waals surface area contributed by atoms with Crippen LogP contribution in [-0.4, -0.2) is 32.7 Å². The van der Waals surface area contributed by atoms with Gasteiger partial charge >= 0.3 is 5.97 Å². The van der Waals surface area contributed by atoms with Gasteiger partial charge in [-0.3, -0.25) is 4.79 Å². The van der Waals surface area contributed by atoms with Gasteiger partial charge in [-0.1, -0.05) is 22.0 Å². The van der Waals surface area contributed by atoms with E-state index in [1.807, 2.05) is 6.07 Å². The Balaban J connectivity index is 1.98. The molecule has 0 aliphatic carbocycles. The number of methoxy groups -OCH3 is 2. The lowest BCUT2D eigenvalue weighted by Crippen LogP contribution is -2.21. The third-order valence-electron chi connectivity index (χ3n) is 3.07. The topological polar surface area (TPSA) is 73.9 Å². The molecule has 0 aliphatic heterocycles. The molecule has 0 bridgehead atoms. The molecule has 1 N–H and O–H groups in total. The van der Waals surface area contributed by atoms with Gasteiger partial charge in [-0.2, -0.15) is 0 Å². The van der Waals surface area contributed by atoms with Crippen LogP contribution in [0.2, 0.25) is 0 Å². The summed E-state index contributed by atoms with van der Waals surface area (Å²) in [5, 5.41) is 2.64. The average molecular weight is 394 g/mol. The number of halogens is 1. The largest absolute Gasteiger partial charge is 0.497 e. The molecule has 0 aromatic heterocycles. The van der Waals surface area contributed by atoms with E-state index in [0.717, 1.165) is 4.47 Å². The fourth-order valence-corrected chi connectivity index (χ4v) is 2.34. The van der Waals surface area contributed by atoms with Crippen molar-refractivity contribution in [3.05, 3.63) is 52.5 Å². The van der Waals surface area contributed by atoms with Crippen LogP contribution in [0.1, 0.15) is 10.4 Å². The zero-order valence-corrected chi connectivity index (χ0v) is 14.8. The molecule has 0 fully saturated rings. The Labute approximate surface area is 147 Å². The molecule has 0 aliphatic rings. The van der Waals surface area contributed by atoms with Crippen molar-refractivity contribution in [1.82, 2.24) is 0 Å². The molecule has 0 spiro atoms. The molecule has 2 rings (SSSR count). The first-order chi connectivity index (χ1) is 11.5. The second-order valence-corrected chi connectivity index (χ2v) is 5.62. The van der Waals surface area contributed by atoms with Crippen LogP contribution in [0.3, 0.4) is 0 Å². The molecule has 0 unspecified atom stereocenters. The maximum Gasteiger partial charge on any atom is 0.342 e. The van der Waals surface area contributed by atoms with Crippen molar-refractivity contribution in [1.29, 1.82) is 0 Å². The lowest BCUT2D eigenvalue weighted by Gasteiger charge is -2.10. The summed E-state index contributed by atoms with van der Waals surface area (Å²) in [5.74, 6) is -0.284. The molecule has 24 heavy (non-hydrogen) atoms. The summed E-state index contributed by atoms with van der Waals surface area (Å²) in [6, 6.07) is 11.8. The molecule has 0 saturated heterocycles.